The lowest BCUT2D eigenvalue weighted by atomic mass is 10.0. The molecule has 0 bridgehead atoms. The van der Waals surface area contributed by atoms with Gasteiger partial charge in [-0.2, -0.15) is 0 Å². The van der Waals surface area contributed by atoms with Crippen LogP contribution in [0.25, 0.3) is 0 Å². The molecule has 0 fully saturated rings. The number of primary amides is 1. The van der Waals surface area contributed by atoms with E-state index < -0.39 is 29.6 Å². The maximum atomic E-state index is 13.7. The second-order valence-electron chi connectivity index (χ2n) is 4.60. The van der Waals surface area contributed by atoms with Gasteiger partial charge in [0.1, 0.15) is 11.9 Å². The van der Waals surface area contributed by atoms with Crippen LogP contribution in [0, 0.1) is 11.7 Å². The highest BCUT2D eigenvalue weighted by Gasteiger charge is 2.24. The summed E-state index contributed by atoms with van der Waals surface area (Å²) in [5.41, 5.74) is 4.53. The number of carboxylic acids is 1. The van der Waals surface area contributed by atoms with Gasteiger partial charge in [-0.15, -0.1) is 0 Å². The van der Waals surface area contributed by atoms with Gasteiger partial charge in [-0.05, 0) is 24.1 Å². The van der Waals surface area contributed by atoms with Gasteiger partial charge in [0.25, 0.3) is 5.91 Å². The molecule has 2 amide bonds. The normalized spacial score (nSPS) is 12.0. The number of carbonyl (C=O) groups is 3. The average Bonchev–Trinajstić information content (AvgIpc) is 2.34. The van der Waals surface area contributed by atoms with Crippen LogP contribution in [0.3, 0.4) is 0 Å². The highest BCUT2D eigenvalue weighted by Crippen LogP contribution is 2.12. The van der Waals surface area contributed by atoms with Crippen LogP contribution < -0.4 is 11.1 Å². The zero-order valence-corrected chi connectivity index (χ0v) is 11.0. The minimum Gasteiger partial charge on any atom is -0.478 e. The van der Waals surface area contributed by atoms with E-state index in [1.807, 2.05) is 0 Å². The Bertz CT molecular complexity index is 557. The molecule has 1 atom stereocenters. The molecule has 1 unspecified atom stereocenters. The summed E-state index contributed by atoms with van der Waals surface area (Å²) in [5, 5.41) is 11.0. The van der Waals surface area contributed by atoms with Crippen LogP contribution in [-0.4, -0.2) is 28.9 Å². The summed E-state index contributed by atoms with van der Waals surface area (Å²) < 4.78 is 13.7. The first-order valence-electron chi connectivity index (χ1n) is 5.87. The summed E-state index contributed by atoms with van der Waals surface area (Å²) in [6.07, 6.45) is 0. The first-order valence-corrected chi connectivity index (χ1v) is 5.87. The Labute approximate surface area is 114 Å². The Kier molecular flexibility index (Phi) is 4.79. The molecule has 0 aliphatic rings. The van der Waals surface area contributed by atoms with Crippen molar-refractivity contribution in [2.45, 2.75) is 19.9 Å². The van der Waals surface area contributed by atoms with E-state index in [0.717, 1.165) is 18.2 Å². The first kappa shape index (κ1) is 15.6. The topological polar surface area (TPSA) is 109 Å². The van der Waals surface area contributed by atoms with Crippen molar-refractivity contribution in [2.75, 3.05) is 0 Å². The van der Waals surface area contributed by atoms with Gasteiger partial charge in [-0.1, -0.05) is 13.8 Å². The molecule has 6 nitrogen and oxygen atoms in total. The van der Waals surface area contributed by atoms with Crippen LogP contribution in [0.1, 0.15) is 34.6 Å². The lowest BCUT2D eigenvalue weighted by Gasteiger charge is -2.19. The lowest BCUT2D eigenvalue weighted by Crippen LogP contribution is -2.47. The van der Waals surface area contributed by atoms with Crippen molar-refractivity contribution in [3.05, 3.63) is 35.1 Å². The maximum Gasteiger partial charge on any atom is 0.335 e. The van der Waals surface area contributed by atoms with Gasteiger partial charge in [0.05, 0.1) is 11.1 Å². The van der Waals surface area contributed by atoms with Gasteiger partial charge in [-0.25, -0.2) is 9.18 Å². The minimum absolute atomic E-state index is 0.252. The molecule has 0 aliphatic carbocycles. The molecule has 0 saturated carbocycles. The number of hydrogen-bond donors (Lipinski definition) is 3. The number of benzene rings is 1. The van der Waals surface area contributed by atoms with E-state index in [1.54, 1.807) is 13.8 Å². The number of rotatable bonds is 5. The van der Waals surface area contributed by atoms with Crippen molar-refractivity contribution >= 4 is 17.8 Å². The number of carbonyl (C=O) groups excluding carboxylic acids is 2. The zero-order valence-electron chi connectivity index (χ0n) is 11.0. The Morgan fingerprint density at radius 2 is 1.90 bits per heavy atom. The Morgan fingerprint density at radius 3 is 2.30 bits per heavy atom. The standard InChI is InChI=1S/C13H15FN2O4/c1-6(2)10(11(15)17)16-12(18)8-4-3-7(13(19)20)5-9(8)14/h3-6,10H,1-2H3,(H2,15,17)(H,16,18)(H,19,20). The number of nitrogens with two attached hydrogens (primary N) is 1. The molecule has 108 valence electrons. The fraction of sp³-hybridized carbons (Fsp3) is 0.308. The van der Waals surface area contributed by atoms with E-state index in [-0.39, 0.29) is 17.0 Å². The van der Waals surface area contributed by atoms with Crippen LogP contribution in [-0.2, 0) is 4.79 Å². The third kappa shape index (κ3) is 3.53. The summed E-state index contributed by atoms with van der Waals surface area (Å²) >= 11 is 0. The third-order valence-corrected chi connectivity index (χ3v) is 2.72. The second kappa shape index (κ2) is 6.14. The van der Waals surface area contributed by atoms with Crippen LogP contribution in [0.2, 0.25) is 0 Å². The molecule has 20 heavy (non-hydrogen) atoms. The molecular formula is C13H15FN2O4. The number of amides is 2. The smallest absolute Gasteiger partial charge is 0.335 e. The summed E-state index contributed by atoms with van der Waals surface area (Å²) in [4.78, 5) is 33.7. The average molecular weight is 282 g/mol. The maximum absolute atomic E-state index is 13.7. The molecule has 0 aromatic heterocycles. The SMILES string of the molecule is CC(C)C(NC(=O)c1ccc(C(=O)O)cc1F)C(N)=O. The van der Waals surface area contributed by atoms with E-state index in [2.05, 4.69) is 5.32 Å². The van der Waals surface area contributed by atoms with Crippen molar-refractivity contribution in [3.63, 3.8) is 0 Å². The molecule has 0 spiro atoms. The molecule has 0 heterocycles. The van der Waals surface area contributed by atoms with Crippen molar-refractivity contribution in [3.8, 4) is 0 Å². The van der Waals surface area contributed by atoms with Gasteiger partial charge < -0.3 is 16.2 Å². The van der Waals surface area contributed by atoms with Gasteiger partial charge in [0.15, 0.2) is 0 Å². The monoisotopic (exact) mass is 282 g/mol. The Hall–Kier alpha value is -2.44. The molecule has 0 saturated heterocycles. The first-order chi connectivity index (χ1) is 9.23. The van der Waals surface area contributed by atoms with Gasteiger partial charge >= 0.3 is 5.97 Å². The largest absolute Gasteiger partial charge is 0.478 e. The van der Waals surface area contributed by atoms with Crippen LogP contribution in [0.4, 0.5) is 4.39 Å². The third-order valence-electron chi connectivity index (χ3n) is 2.72. The Balaban J connectivity index is 2.98. The number of carboxylic acid groups (broad SMARTS) is 1. The number of nitrogens with one attached hydrogen (secondary N) is 1. The van der Waals surface area contributed by atoms with E-state index in [1.165, 1.54) is 0 Å². The highest BCUT2D eigenvalue weighted by atomic mass is 19.1. The predicted octanol–water partition coefficient (Wildman–Crippen LogP) is 0.764. The summed E-state index contributed by atoms with van der Waals surface area (Å²) in [6, 6.07) is 1.97. The Morgan fingerprint density at radius 1 is 1.30 bits per heavy atom. The van der Waals surface area contributed by atoms with Crippen LogP contribution in [0.5, 0.6) is 0 Å². The van der Waals surface area contributed by atoms with Gasteiger partial charge in [-0.3, -0.25) is 9.59 Å². The molecule has 0 radical (unpaired) electrons. The fourth-order valence-corrected chi connectivity index (χ4v) is 1.62. The highest BCUT2D eigenvalue weighted by molar-refractivity contribution is 5.98. The predicted molar refractivity (Wildman–Crippen MR) is 68.6 cm³/mol. The van der Waals surface area contributed by atoms with E-state index in [0.29, 0.717) is 0 Å². The van der Waals surface area contributed by atoms with Crippen molar-refractivity contribution in [1.29, 1.82) is 0 Å². The van der Waals surface area contributed by atoms with Gasteiger partial charge in [0.2, 0.25) is 5.91 Å². The number of hydrogen-bond acceptors (Lipinski definition) is 3. The number of halogens is 1. The molecule has 4 N–H and O–H groups in total. The molecule has 7 heteroatoms. The summed E-state index contributed by atoms with van der Waals surface area (Å²) in [6.45, 7) is 3.36. The molecule has 1 aromatic rings. The van der Waals surface area contributed by atoms with Crippen molar-refractivity contribution in [2.24, 2.45) is 11.7 Å². The molecule has 0 aliphatic heterocycles. The van der Waals surface area contributed by atoms with Crippen LogP contribution in [0.15, 0.2) is 18.2 Å². The number of aromatic carboxylic acids is 1. The second-order valence-corrected chi connectivity index (χ2v) is 4.60. The molecule has 1 aromatic carbocycles. The quantitative estimate of drug-likeness (QED) is 0.740. The zero-order chi connectivity index (χ0) is 15.4. The lowest BCUT2D eigenvalue weighted by molar-refractivity contribution is -0.120. The van der Waals surface area contributed by atoms with E-state index in [4.69, 9.17) is 10.8 Å². The molecular weight excluding hydrogens is 267 g/mol. The van der Waals surface area contributed by atoms with Gasteiger partial charge in [0, 0.05) is 0 Å². The molecule has 1 rings (SSSR count). The summed E-state index contributed by atoms with van der Waals surface area (Å²) in [7, 11) is 0. The van der Waals surface area contributed by atoms with Crippen molar-refractivity contribution in [1.82, 2.24) is 5.32 Å². The minimum atomic E-state index is -1.30. The van der Waals surface area contributed by atoms with Crippen LogP contribution >= 0.6 is 0 Å². The summed E-state index contributed by atoms with van der Waals surface area (Å²) in [5.74, 6) is -4.08. The van der Waals surface area contributed by atoms with Crippen molar-refractivity contribution < 1.29 is 23.9 Å². The fourth-order valence-electron chi connectivity index (χ4n) is 1.62. The van der Waals surface area contributed by atoms with E-state index in [9.17, 15) is 18.8 Å². The van der Waals surface area contributed by atoms with E-state index >= 15 is 0 Å².